The van der Waals surface area contributed by atoms with Gasteiger partial charge >= 0.3 is 53.4 Å². The van der Waals surface area contributed by atoms with E-state index in [1.54, 1.807) is 0 Å². The molecule has 4 atom stereocenters. The first-order chi connectivity index (χ1) is 18.4. The van der Waals surface area contributed by atoms with E-state index in [2.05, 4.69) is 13.8 Å². The summed E-state index contributed by atoms with van der Waals surface area (Å²) in [6, 6.07) is 0. The van der Waals surface area contributed by atoms with Gasteiger partial charge in [0.05, 0.1) is 26.1 Å². The molecular weight excluding hydrogens is 627 g/mol. The fourth-order valence-electron chi connectivity index (χ4n) is 3.29. The number of unbranched alkanes of at least 4 members (excludes halogenated alkanes) is 2. The summed E-state index contributed by atoms with van der Waals surface area (Å²) in [6.07, 6.45) is 5.42. The Balaban J connectivity index is -0.000000273. The molecule has 0 aliphatic rings. The summed E-state index contributed by atoms with van der Waals surface area (Å²) in [5, 5.41) is 11.9. The summed E-state index contributed by atoms with van der Waals surface area (Å²) >= 11 is 0. The van der Waals surface area contributed by atoms with Gasteiger partial charge < -0.3 is 36.5 Å². The van der Waals surface area contributed by atoms with Crippen LogP contribution in [0.15, 0.2) is 0 Å². The second-order valence-electron chi connectivity index (χ2n) is 9.27. The van der Waals surface area contributed by atoms with Crippen molar-refractivity contribution in [2.75, 3.05) is 13.2 Å². The number of carbonyl (C=O) groups excluding carboxylic acids is 2. The van der Waals surface area contributed by atoms with Gasteiger partial charge in [-0.25, -0.2) is 8.42 Å². The molecular formula is C24H49N2NaO14S2. The van der Waals surface area contributed by atoms with Crippen molar-refractivity contribution in [2.45, 2.75) is 102 Å². The van der Waals surface area contributed by atoms with Crippen LogP contribution >= 0.6 is 0 Å². The van der Waals surface area contributed by atoms with Gasteiger partial charge in [0, 0.05) is 0 Å². The van der Waals surface area contributed by atoms with Gasteiger partial charge in [0.15, 0.2) is 10.5 Å². The van der Waals surface area contributed by atoms with E-state index in [0.29, 0.717) is 0 Å². The van der Waals surface area contributed by atoms with Gasteiger partial charge in [0.25, 0.3) is 10.1 Å². The third-order valence-electron chi connectivity index (χ3n) is 5.99. The molecule has 9 N–H and O–H groups in total. The molecule has 0 fully saturated rings. The Morgan fingerprint density at radius 2 is 1.16 bits per heavy atom. The van der Waals surface area contributed by atoms with Gasteiger partial charge in [0.1, 0.15) is 10.1 Å². The van der Waals surface area contributed by atoms with Crippen LogP contribution in [-0.4, -0.2) is 83.7 Å². The maximum Gasteiger partial charge on any atom is 1.00 e. The Morgan fingerprint density at radius 3 is 1.44 bits per heavy atom. The summed E-state index contributed by atoms with van der Waals surface area (Å²) < 4.78 is 73.2. The number of carboxylic acid groups (broad SMARTS) is 2. The summed E-state index contributed by atoms with van der Waals surface area (Å²) in [7, 11) is -9.85. The molecule has 43 heavy (non-hydrogen) atoms. The van der Waals surface area contributed by atoms with E-state index < -0.39 is 67.5 Å². The number of hydrogen-bond donors (Lipinski definition) is 5. The molecule has 0 bridgehead atoms. The molecule has 0 aliphatic heterocycles. The monoisotopic (exact) mass is 676 g/mol. The summed E-state index contributed by atoms with van der Waals surface area (Å²) in [4.78, 5) is 44.1. The molecule has 0 spiro atoms. The first kappa shape index (κ1) is 51.2. The van der Waals surface area contributed by atoms with E-state index in [1.807, 2.05) is 13.8 Å². The SMILES string of the molecule is CCCCC(CC)COC(=O)CC(C(=O)OCC(CC)CCCC)S(=O)(=O)[O-].N.N.O=C(O)CC(C(=O)O)S(=O)(=O)O.[Na+]. The van der Waals surface area contributed by atoms with Gasteiger partial charge in [-0.15, -0.1) is 0 Å². The topological polar surface area (TPSA) is 309 Å². The predicted octanol–water partition coefficient (Wildman–Crippen LogP) is -0.0604. The Hall–Kier alpha value is -1.38. The van der Waals surface area contributed by atoms with Crippen molar-refractivity contribution in [3.05, 3.63) is 0 Å². The maximum absolute atomic E-state index is 12.1. The fourth-order valence-corrected chi connectivity index (χ4v) is 4.54. The molecule has 0 rings (SSSR count). The van der Waals surface area contributed by atoms with Gasteiger partial charge in [0.2, 0.25) is 0 Å². The van der Waals surface area contributed by atoms with Gasteiger partial charge in [-0.3, -0.25) is 23.7 Å². The molecule has 16 nitrogen and oxygen atoms in total. The molecule has 0 aromatic carbocycles. The molecule has 0 aromatic heterocycles. The van der Waals surface area contributed by atoms with Crippen LogP contribution in [0.2, 0.25) is 0 Å². The molecule has 0 saturated carbocycles. The van der Waals surface area contributed by atoms with Gasteiger partial charge in [-0.2, -0.15) is 8.42 Å². The number of carbonyl (C=O) groups is 4. The number of rotatable bonds is 20. The molecule has 0 heterocycles. The zero-order valence-corrected chi connectivity index (χ0v) is 29.5. The quantitative estimate of drug-likeness (QED) is 0.0640. The molecule has 19 heteroatoms. The van der Waals surface area contributed by atoms with Crippen molar-refractivity contribution >= 4 is 44.1 Å². The summed E-state index contributed by atoms with van der Waals surface area (Å²) in [6.45, 7) is 8.26. The summed E-state index contributed by atoms with van der Waals surface area (Å²) in [5.74, 6) is -5.24. The largest absolute Gasteiger partial charge is 1.00 e. The predicted molar refractivity (Wildman–Crippen MR) is 152 cm³/mol. The first-order valence-corrected chi connectivity index (χ1v) is 16.1. The standard InChI is InChI=1S/C20H38O7S.C4H6O7S.2H3N.Na/c1-5-9-11-16(7-3)14-26-19(21)13-18(28(23,24)25)20(22)27-15-17(8-4)12-10-6-2;5-3(6)1-2(4(7)8)12(9,10)11;;;/h16-18H,5-15H2,1-4H3,(H,23,24,25);2H,1H2,(H,5,6)(H,7,8)(H,9,10,11);2*1H3;/q;;;;+1/p-1. The molecule has 4 unspecified atom stereocenters. The van der Waals surface area contributed by atoms with E-state index in [0.717, 1.165) is 51.4 Å². The minimum atomic E-state index is -5.01. The molecule has 252 valence electrons. The Labute approximate surface area is 277 Å². The van der Waals surface area contributed by atoms with Crippen molar-refractivity contribution in [3.63, 3.8) is 0 Å². The molecule has 0 radical (unpaired) electrons. The fraction of sp³-hybridized carbons (Fsp3) is 0.833. The van der Waals surface area contributed by atoms with Crippen LogP contribution in [0.4, 0.5) is 0 Å². The Bertz CT molecular complexity index is 1010. The third-order valence-corrected chi connectivity index (χ3v) is 8.13. The first-order valence-electron chi connectivity index (χ1n) is 13.1. The van der Waals surface area contributed by atoms with Crippen LogP contribution in [0.5, 0.6) is 0 Å². The molecule has 0 saturated heterocycles. The van der Waals surface area contributed by atoms with Crippen LogP contribution in [0.25, 0.3) is 0 Å². The van der Waals surface area contributed by atoms with Gasteiger partial charge in [-0.1, -0.05) is 66.2 Å². The zero-order chi connectivity index (χ0) is 31.5. The average Bonchev–Trinajstić information content (AvgIpc) is 2.84. The van der Waals surface area contributed by atoms with Crippen molar-refractivity contribution < 1.29 is 94.4 Å². The number of ether oxygens (including phenoxy) is 2. The van der Waals surface area contributed by atoms with Crippen LogP contribution in [-0.2, 0) is 48.9 Å². The second-order valence-corrected chi connectivity index (χ2v) is 12.4. The second kappa shape index (κ2) is 27.0. The zero-order valence-electron chi connectivity index (χ0n) is 25.9. The average molecular weight is 677 g/mol. The van der Waals surface area contributed by atoms with Crippen molar-refractivity contribution in [1.29, 1.82) is 0 Å². The number of carboxylic acids is 2. The number of esters is 2. The van der Waals surface area contributed by atoms with Crippen LogP contribution in [0.1, 0.15) is 91.9 Å². The van der Waals surface area contributed by atoms with Crippen LogP contribution < -0.4 is 41.9 Å². The Morgan fingerprint density at radius 1 is 0.744 bits per heavy atom. The van der Waals surface area contributed by atoms with Gasteiger partial charge in [-0.05, 0) is 24.7 Å². The van der Waals surface area contributed by atoms with E-state index in [-0.39, 0.29) is 66.9 Å². The third kappa shape index (κ3) is 25.6. The van der Waals surface area contributed by atoms with E-state index >= 15 is 0 Å². The van der Waals surface area contributed by atoms with Crippen molar-refractivity contribution in [3.8, 4) is 0 Å². The molecule has 0 aromatic rings. The van der Waals surface area contributed by atoms with Crippen LogP contribution in [0.3, 0.4) is 0 Å². The molecule has 0 aliphatic carbocycles. The Kier molecular flexibility index (Phi) is 32.1. The van der Waals surface area contributed by atoms with E-state index in [1.165, 1.54) is 0 Å². The molecule has 0 amide bonds. The van der Waals surface area contributed by atoms with Crippen molar-refractivity contribution in [2.24, 2.45) is 11.8 Å². The minimum absolute atomic E-state index is 0. The maximum atomic E-state index is 12.1. The van der Waals surface area contributed by atoms with E-state index in [4.69, 9.17) is 24.2 Å². The normalized spacial score (nSPS) is 13.5. The van der Waals surface area contributed by atoms with Crippen LogP contribution in [0, 0.1) is 11.8 Å². The summed E-state index contributed by atoms with van der Waals surface area (Å²) in [5.41, 5.74) is 0. The minimum Gasteiger partial charge on any atom is -0.747 e. The van der Waals surface area contributed by atoms with Crippen molar-refractivity contribution in [1.82, 2.24) is 12.3 Å². The van der Waals surface area contributed by atoms with E-state index in [9.17, 15) is 40.6 Å². The number of hydrogen-bond acceptors (Lipinski definition) is 13. The smallest absolute Gasteiger partial charge is 0.747 e. The number of aliphatic carboxylic acids is 2.